The molecule has 0 radical (unpaired) electrons. The van der Waals surface area contributed by atoms with Gasteiger partial charge in [0.15, 0.2) is 0 Å². The van der Waals surface area contributed by atoms with Crippen LogP contribution in [0.2, 0.25) is 0 Å². The van der Waals surface area contributed by atoms with Crippen molar-refractivity contribution in [2.24, 2.45) is 0 Å². The molecule has 5 heteroatoms. The van der Waals surface area contributed by atoms with Crippen LogP contribution in [0.25, 0.3) is 0 Å². The minimum atomic E-state index is -0.504. The van der Waals surface area contributed by atoms with E-state index >= 15 is 0 Å². The van der Waals surface area contributed by atoms with Crippen molar-refractivity contribution in [1.82, 2.24) is 15.5 Å². The minimum absolute atomic E-state index is 0.0506. The van der Waals surface area contributed by atoms with Crippen molar-refractivity contribution in [1.29, 1.82) is 0 Å². The van der Waals surface area contributed by atoms with Crippen molar-refractivity contribution in [3.05, 3.63) is 0 Å². The summed E-state index contributed by atoms with van der Waals surface area (Å²) in [6.45, 7) is 6.22. The number of likely N-dealkylation sites (tertiary alicyclic amines) is 1. The number of rotatable bonds is 3. The number of hydrogen-bond acceptors (Lipinski definition) is 3. The first-order valence-electron chi connectivity index (χ1n) is 7.38. The van der Waals surface area contributed by atoms with Gasteiger partial charge in [0.1, 0.15) is 6.04 Å². The lowest BCUT2D eigenvalue weighted by molar-refractivity contribution is -0.138. The maximum Gasteiger partial charge on any atom is 0.244 e. The van der Waals surface area contributed by atoms with E-state index in [1.165, 1.54) is 6.42 Å². The van der Waals surface area contributed by atoms with Crippen LogP contribution < -0.4 is 10.6 Å². The van der Waals surface area contributed by atoms with Crippen molar-refractivity contribution in [2.45, 2.75) is 57.5 Å². The Hall–Kier alpha value is -1.10. The van der Waals surface area contributed by atoms with Gasteiger partial charge in [-0.2, -0.15) is 0 Å². The normalized spacial score (nSPS) is 29.1. The number of nitrogens with zero attached hydrogens (tertiary/aromatic N) is 1. The third kappa shape index (κ3) is 3.26. The minimum Gasteiger partial charge on any atom is -0.343 e. The van der Waals surface area contributed by atoms with E-state index in [0.717, 1.165) is 45.3 Å². The second-order valence-electron chi connectivity index (χ2n) is 5.94. The average Bonchev–Trinajstić information content (AvgIpc) is 2.87. The van der Waals surface area contributed by atoms with Gasteiger partial charge in [-0.3, -0.25) is 9.59 Å². The third-order valence-corrected chi connectivity index (χ3v) is 4.26. The van der Waals surface area contributed by atoms with Gasteiger partial charge in [0, 0.05) is 13.1 Å². The van der Waals surface area contributed by atoms with E-state index in [1.807, 2.05) is 11.8 Å². The Labute approximate surface area is 115 Å². The van der Waals surface area contributed by atoms with Crippen LogP contribution in [0.5, 0.6) is 0 Å². The fraction of sp³-hybridized carbons (Fsp3) is 0.857. The van der Waals surface area contributed by atoms with E-state index in [4.69, 9.17) is 0 Å². The van der Waals surface area contributed by atoms with Gasteiger partial charge in [-0.15, -0.1) is 0 Å². The molecule has 2 unspecified atom stereocenters. The van der Waals surface area contributed by atoms with E-state index in [-0.39, 0.29) is 11.8 Å². The standard InChI is InChI=1S/C14H25N3O2/c1-11(12(18)17-9-4-3-5-10-17)16-13(19)14(2)7-6-8-15-14/h11,15H,3-10H2,1-2H3,(H,16,19). The molecule has 2 heterocycles. The summed E-state index contributed by atoms with van der Waals surface area (Å²) in [6, 6.07) is -0.426. The Balaban J connectivity index is 1.87. The first-order chi connectivity index (χ1) is 9.03. The summed E-state index contributed by atoms with van der Waals surface area (Å²) in [5, 5.41) is 6.09. The highest BCUT2D eigenvalue weighted by molar-refractivity contribution is 5.91. The molecule has 108 valence electrons. The van der Waals surface area contributed by atoms with Gasteiger partial charge in [-0.25, -0.2) is 0 Å². The molecule has 2 amide bonds. The molecule has 2 fully saturated rings. The van der Waals surface area contributed by atoms with Crippen LogP contribution in [0.4, 0.5) is 0 Å². The molecule has 19 heavy (non-hydrogen) atoms. The summed E-state index contributed by atoms with van der Waals surface area (Å²) in [7, 11) is 0. The molecule has 0 saturated carbocycles. The van der Waals surface area contributed by atoms with E-state index in [1.54, 1.807) is 6.92 Å². The van der Waals surface area contributed by atoms with Crippen molar-refractivity contribution in [3.8, 4) is 0 Å². The van der Waals surface area contributed by atoms with Gasteiger partial charge in [0.05, 0.1) is 5.54 Å². The summed E-state index contributed by atoms with van der Waals surface area (Å²) in [5.41, 5.74) is -0.504. The summed E-state index contributed by atoms with van der Waals surface area (Å²) < 4.78 is 0. The van der Waals surface area contributed by atoms with Crippen LogP contribution in [0, 0.1) is 0 Å². The van der Waals surface area contributed by atoms with Crippen LogP contribution in [0.1, 0.15) is 46.0 Å². The van der Waals surface area contributed by atoms with E-state index in [9.17, 15) is 9.59 Å². The zero-order chi connectivity index (χ0) is 13.9. The number of piperidine rings is 1. The Morgan fingerprint density at radius 3 is 2.47 bits per heavy atom. The Bertz CT molecular complexity index is 345. The molecule has 0 aromatic rings. The molecular weight excluding hydrogens is 242 g/mol. The van der Waals surface area contributed by atoms with Crippen LogP contribution in [-0.4, -0.2) is 47.9 Å². The molecule has 2 atom stereocenters. The second-order valence-corrected chi connectivity index (χ2v) is 5.94. The smallest absolute Gasteiger partial charge is 0.244 e. The lowest BCUT2D eigenvalue weighted by Gasteiger charge is -2.31. The molecule has 0 bridgehead atoms. The highest BCUT2D eigenvalue weighted by Crippen LogP contribution is 2.19. The van der Waals surface area contributed by atoms with Crippen molar-refractivity contribution in [3.63, 3.8) is 0 Å². The summed E-state index contributed by atoms with van der Waals surface area (Å²) in [6.07, 6.45) is 5.20. The molecular formula is C14H25N3O2. The molecule has 0 aliphatic carbocycles. The van der Waals surface area contributed by atoms with E-state index < -0.39 is 11.6 Å². The van der Waals surface area contributed by atoms with Crippen LogP contribution in [0.15, 0.2) is 0 Å². The van der Waals surface area contributed by atoms with E-state index in [2.05, 4.69) is 10.6 Å². The predicted octanol–water partition coefficient (Wildman–Crippen LogP) is 0.646. The van der Waals surface area contributed by atoms with Crippen LogP contribution in [-0.2, 0) is 9.59 Å². The Morgan fingerprint density at radius 1 is 1.21 bits per heavy atom. The number of amides is 2. The highest BCUT2D eigenvalue weighted by atomic mass is 16.2. The van der Waals surface area contributed by atoms with Gasteiger partial charge in [-0.1, -0.05) is 0 Å². The molecule has 0 aromatic carbocycles. The molecule has 0 aromatic heterocycles. The van der Waals surface area contributed by atoms with E-state index in [0.29, 0.717) is 0 Å². The molecule has 2 rings (SSSR count). The average molecular weight is 267 g/mol. The van der Waals surface area contributed by atoms with Gasteiger partial charge in [-0.05, 0) is 52.5 Å². The monoisotopic (exact) mass is 267 g/mol. The largest absolute Gasteiger partial charge is 0.343 e. The molecule has 5 nitrogen and oxygen atoms in total. The van der Waals surface area contributed by atoms with Crippen molar-refractivity contribution >= 4 is 11.8 Å². The van der Waals surface area contributed by atoms with Gasteiger partial charge in [0.2, 0.25) is 11.8 Å². The fourth-order valence-corrected chi connectivity index (χ4v) is 2.89. The number of nitrogens with one attached hydrogen (secondary N) is 2. The zero-order valence-corrected chi connectivity index (χ0v) is 12.0. The summed E-state index contributed by atoms with van der Waals surface area (Å²) >= 11 is 0. The fourth-order valence-electron chi connectivity index (χ4n) is 2.89. The zero-order valence-electron chi connectivity index (χ0n) is 12.0. The highest BCUT2D eigenvalue weighted by Gasteiger charge is 2.37. The molecule has 2 aliphatic heterocycles. The lowest BCUT2D eigenvalue weighted by Crippen LogP contribution is -2.56. The summed E-state index contributed by atoms with van der Waals surface area (Å²) in [4.78, 5) is 26.3. The Kier molecular flexibility index (Phi) is 4.45. The quantitative estimate of drug-likeness (QED) is 0.789. The molecule has 2 saturated heterocycles. The first-order valence-corrected chi connectivity index (χ1v) is 7.38. The SMILES string of the molecule is CC(NC(=O)C1(C)CCCN1)C(=O)N1CCCCC1. The van der Waals surface area contributed by atoms with Gasteiger partial charge in [0.25, 0.3) is 0 Å². The molecule has 2 N–H and O–H groups in total. The Morgan fingerprint density at radius 2 is 1.89 bits per heavy atom. The van der Waals surface area contributed by atoms with Crippen LogP contribution >= 0.6 is 0 Å². The number of carbonyl (C=O) groups excluding carboxylic acids is 2. The van der Waals surface area contributed by atoms with Crippen molar-refractivity contribution < 1.29 is 9.59 Å². The predicted molar refractivity (Wildman–Crippen MR) is 73.7 cm³/mol. The maximum atomic E-state index is 12.2. The molecule has 2 aliphatic rings. The first kappa shape index (κ1) is 14.3. The second kappa shape index (κ2) is 5.90. The van der Waals surface area contributed by atoms with Gasteiger partial charge >= 0.3 is 0 Å². The number of carbonyl (C=O) groups is 2. The summed E-state index contributed by atoms with van der Waals surface area (Å²) in [5.74, 6) is -0.00231. The van der Waals surface area contributed by atoms with Gasteiger partial charge < -0.3 is 15.5 Å². The van der Waals surface area contributed by atoms with Crippen molar-refractivity contribution in [2.75, 3.05) is 19.6 Å². The number of hydrogen-bond donors (Lipinski definition) is 2. The topological polar surface area (TPSA) is 61.4 Å². The third-order valence-electron chi connectivity index (χ3n) is 4.26. The molecule has 0 spiro atoms. The van der Waals surface area contributed by atoms with Crippen LogP contribution in [0.3, 0.4) is 0 Å². The maximum absolute atomic E-state index is 12.2. The lowest BCUT2D eigenvalue weighted by atomic mass is 9.99.